The van der Waals surface area contributed by atoms with Gasteiger partial charge in [0, 0.05) is 36.6 Å². The van der Waals surface area contributed by atoms with Gasteiger partial charge in [-0.25, -0.2) is 0 Å². The molecule has 0 saturated carbocycles. The number of aryl methyl sites for hydroxylation is 1. The maximum absolute atomic E-state index is 9.51. The molecule has 0 radical (unpaired) electrons. The predicted octanol–water partition coefficient (Wildman–Crippen LogP) is 3.65. The smallest absolute Gasteiger partial charge is 0.124 e. The van der Waals surface area contributed by atoms with E-state index in [9.17, 15) is 5.11 Å². The number of anilines is 1. The van der Waals surface area contributed by atoms with Gasteiger partial charge >= 0.3 is 0 Å². The third kappa shape index (κ3) is 3.60. The number of benzene rings is 1. The van der Waals surface area contributed by atoms with Crippen molar-refractivity contribution >= 4 is 17.0 Å². The number of nitrogens with zero attached hydrogens (tertiary/aromatic N) is 2. The topological polar surface area (TPSA) is 59.3 Å². The molecule has 24 heavy (non-hydrogen) atoms. The molecule has 0 fully saturated rings. The average Bonchev–Trinajstić information content (AvgIpc) is 3.23. The van der Waals surface area contributed by atoms with Crippen molar-refractivity contribution in [2.45, 2.75) is 20.1 Å². The van der Waals surface area contributed by atoms with Crippen LogP contribution in [0.5, 0.6) is 5.75 Å². The Kier molecular flexibility index (Phi) is 5.17. The highest BCUT2D eigenvalue weighted by atomic mass is 32.1. The number of hydrogen-bond donors (Lipinski definition) is 2. The highest BCUT2D eigenvalue weighted by molar-refractivity contribution is 7.13. The fraction of sp³-hybridized carbons (Fsp3) is 0.278. The Bertz CT molecular complexity index is 797. The van der Waals surface area contributed by atoms with Gasteiger partial charge < -0.3 is 15.2 Å². The van der Waals surface area contributed by atoms with Crippen molar-refractivity contribution in [1.82, 2.24) is 9.78 Å². The largest absolute Gasteiger partial charge is 0.494 e. The van der Waals surface area contributed by atoms with Crippen molar-refractivity contribution in [1.29, 1.82) is 0 Å². The van der Waals surface area contributed by atoms with Crippen LogP contribution in [0.3, 0.4) is 0 Å². The summed E-state index contributed by atoms with van der Waals surface area (Å²) in [4.78, 5) is 1.16. The molecule has 126 valence electrons. The summed E-state index contributed by atoms with van der Waals surface area (Å²) < 4.78 is 7.35. The van der Waals surface area contributed by atoms with Crippen LogP contribution in [-0.2, 0) is 20.2 Å². The van der Waals surface area contributed by atoms with Crippen LogP contribution in [-0.4, -0.2) is 21.5 Å². The first kappa shape index (κ1) is 16.5. The molecule has 2 heterocycles. The van der Waals surface area contributed by atoms with Crippen LogP contribution in [0.15, 0.2) is 41.9 Å². The van der Waals surface area contributed by atoms with E-state index in [-0.39, 0.29) is 6.61 Å². The summed E-state index contributed by atoms with van der Waals surface area (Å²) in [6.45, 7) is 3.14. The molecule has 3 rings (SSSR count). The van der Waals surface area contributed by atoms with Crippen molar-refractivity contribution < 1.29 is 9.84 Å². The molecular formula is C18H21N3O2S. The lowest BCUT2D eigenvalue weighted by molar-refractivity contribution is 0.267. The third-order valence-electron chi connectivity index (χ3n) is 3.67. The number of hydrogen-bond acceptors (Lipinski definition) is 5. The number of ether oxygens (including phenoxy) is 1. The van der Waals surface area contributed by atoms with Crippen LogP contribution in [0.1, 0.15) is 18.1 Å². The summed E-state index contributed by atoms with van der Waals surface area (Å²) in [5.74, 6) is 0.728. The normalized spacial score (nSPS) is 10.8. The van der Waals surface area contributed by atoms with Crippen LogP contribution >= 0.6 is 11.3 Å². The average molecular weight is 343 g/mol. The molecule has 1 aromatic carbocycles. The fourth-order valence-electron chi connectivity index (χ4n) is 2.59. The molecule has 0 amide bonds. The van der Waals surface area contributed by atoms with Crippen LogP contribution < -0.4 is 10.1 Å². The molecule has 5 nitrogen and oxygen atoms in total. The summed E-state index contributed by atoms with van der Waals surface area (Å²) in [5.41, 5.74) is 3.88. The maximum Gasteiger partial charge on any atom is 0.124 e. The Labute approximate surface area is 145 Å². The van der Waals surface area contributed by atoms with Crippen LogP contribution in [0.4, 0.5) is 5.69 Å². The van der Waals surface area contributed by atoms with Crippen molar-refractivity contribution in [2.75, 3.05) is 11.9 Å². The first-order valence-electron chi connectivity index (χ1n) is 7.88. The Hall–Kier alpha value is -2.31. The SMILES string of the molecule is CCOc1ccc(NCc2cn(C)nc2-c2cccs2)cc1CO. The number of thiophene rings is 1. The van der Waals surface area contributed by atoms with E-state index in [0.29, 0.717) is 13.2 Å². The molecule has 2 aromatic heterocycles. The first-order chi connectivity index (χ1) is 11.7. The monoisotopic (exact) mass is 343 g/mol. The standard InChI is InChI=1S/C18H21N3O2S/c1-3-23-16-7-6-15(9-13(16)12-22)19-10-14-11-21(2)20-18(14)17-5-4-8-24-17/h4-9,11,19,22H,3,10,12H2,1-2H3. The number of rotatable bonds is 7. The molecule has 0 aliphatic carbocycles. The minimum atomic E-state index is -0.0435. The number of aliphatic hydroxyl groups excluding tert-OH is 1. The fourth-order valence-corrected chi connectivity index (χ4v) is 3.34. The molecule has 0 saturated heterocycles. The molecule has 6 heteroatoms. The number of aliphatic hydroxyl groups is 1. The molecule has 0 spiro atoms. The maximum atomic E-state index is 9.51. The molecule has 0 aliphatic heterocycles. The van der Waals surface area contributed by atoms with Gasteiger partial charge in [-0.15, -0.1) is 11.3 Å². The second kappa shape index (κ2) is 7.51. The molecule has 3 aromatic rings. The van der Waals surface area contributed by atoms with Gasteiger partial charge in [0.1, 0.15) is 11.4 Å². The van der Waals surface area contributed by atoms with E-state index in [1.807, 2.05) is 49.1 Å². The Morgan fingerprint density at radius 2 is 2.17 bits per heavy atom. The van der Waals surface area contributed by atoms with Crippen LogP contribution in [0.2, 0.25) is 0 Å². The predicted molar refractivity (Wildman–Crippen MR) is 97.4 cm³/mol. The zero-order valence-corrected chi connectivity index (χ0v) is 14.6. The van der Waals surface area contributed by atoms with E-state index >= 15 is 0 Å². The summed E-state index contributed by atoms with van der Waals surface area (Å²) in [7, 11) is 1.93. The molecule has 0 atom stereocenters. The molecule has 0 unspecified atom stereocenters. The minimum Gasteiger partial charge on any atom is -0.494 e. The van der Waals surface area contributed by atoms with Crippen molar-refractivity contribution in [3.05, 3.63) is 53.0 Å². The van der Waals surface area contributed by atoms with Gasteiger partial charge in [0.05, 0.1) is 18.1 Å². The Morgan fingerprint density at radius 1 is 1.29 bits per heavy atom. The van der Waals surface area contributed by atoms with E-state index in [2.05, 4.69) is 21.9 Å². The van der Waals surface area contributed by atoms with Crippen molar-refractivity contribution in [3.8, 4) is 16.3 Å². The Morgan fingerprint density at radius 3 is 2.88 bits per heavy atom. The highest BCUT2D eigenvalue weighted by Gasteiger charge is 2.11. The van der Waals surface area contributed by atoms with Gasteiger partial charge in [-0.1, -0.05) is 6.07 Å². The lowest BCUT2D eigenvalue weighted by Gasteiger charge is -2.12. The van der Waals surface area contributed by atoms with E-state index in [1.165, 1.54) is 0 Å². The molecular weight excluding hydrogens is 322 g/mol. The van der Waals surface area contributed by atoms with Gasteiger partial charge in [-0.2, -0.15) is 5.10 Å². The lowest BCUT2D eigenvalue weighted by atomic mass is 10.1. The zero-order chi connectivity index (χ0) is 16.9. The van der Waals surface area contributed by atoms with Gasteiger partial charge in [0.15, 0.2) is 0 Å². The van der Waals surface area contributed by atoms with E-state index in [1.54, 1.807) is 11.3 Å². The number of aromatic nitrogens is 2. The molecule has 0 bridgehead atoms. The minimum absolute atomic E-state index is 0.0435. The van der Waals surface area contributed by atoms with E-state index in [4.69, 9.17) is 4.74 Å². The summed E-state index contributed by atoms with van der Waals surface area (Å²) in [5, 5.41) is 19.5. The summed E-state index contributed by atoms with van der Waals surface area (Å²) in [6.07, 6.45) is 2.03. The van der Waals surface area contributed by atoms with Crippen molar-refractivity contribution in [2.24, 2.45) is 7.05 Å². The van der Waals surface area contributed by atoms with Crippen LogP contribution in [0, 0.1) is 0 Å². The van der Waals surface area contributed by atoms with Gasteiger partial charge in [0.2, 0.25) is 0 Å². The summed E-state index contributed by atoms with van der Waals surface area (Å²) in [6, 6.07) is 9.89. The highest BCUT2D eigenvalue weighted by Crippen LogP contribution is 2.28. The zero-order valence-electron chi connectivity index (χ0n) is 13.8. The van der Waals surface area contributed by atoms with Gasteiger partial charge in [-0.05, 0) is 36.6 Å². The summed E-state index contributed by atoms with van der Waals surface area (Å²) >= 11 is 1.69. The molecule has 2 N–H and O–H groups in total. The second-order valence-corrected chi connectivity index (χ2v) is 6.37. The third-order valence-corrected chi connectivity index (χ3v) is 4.55. The van der Waals surface area contributed by atoms with E-state index in [0.717, 1.165) is 33.1 Å². The van der Waals surface area contributed by atoms with Gasteiger partial charge in [0.25, 0.3) is 0 Å². The molecule has 0 aliphatic rings. The van der Waals surface area contributed by atoms with Gasteiger partial charge in [-0.3, -0.25) is 4.68 Å². The quantitative estimate of drug-likeness (QED) is 0.687. The lowest BCUT2D eigenvalue weighted by Crippen LogP contribution is -2.02. The Balaban J connectivity index is 1.77. The number of nitrogens with one attached hydrogen (secondary N) is 1. The van der Waals surface area contributed by atoms with Crippen molar-refractivity contribution in [3.63, 3.8) is 0 Å². The van der Waals surface area contributed by atoms with Crippen LogP contribution in [0.25, 0.3) is 10.6 Å². The second-order valence-electron chi connectivity index (χ2n) is 5.42. The first-order valence-corrected chi connectivity index (χ1v) is 8.76. The van der Waals surface area contributed by atoms with E-state index < -0.39 is 0 Å².